The van der Waals surface area contributed by atoms with Crippen LogP contribution in [0.25, 0.3) is 11.0 Å². The first-order valence-electron chi connectivity index (χ1n) is 9.50. The van der Waals surface area contributed by atoms with E-state index in [1.54, 1.807) is 0 Å². The molecule has 1 saturated heterocycles. The van der Waals surface area contributed by atoms with Crippen molar-refractivity contribution in [2.75, 3.05) is 13.1 Å². The monoisotopic (exact) mass is 364 g/mol. The number of carbonyl (C=O) groups excluding carboxylic acids is 1. The molecule has 0 radical (unpaired) electrons. The number of carbonyl (C=O) groups is 1. The lowest BCUT2D eigenvalue weighted by Gasteiger charge is -2.31. The first-order valence-corrected chi connectivity index (χ1v) is 9.50. The van der Waals surface area contributed by atoms with Crippen LogP contribution in [-0.4, -0.2) is 45.2 Å². The number of hydrogen-bond donors (Lipinski definition) is 0. The Balaban J connectivity index is 1.49. The Bertz CT molecular complexity index is 909. The molecule has 6 heteroatoms. The van der Waals surface area contributed by atoms with E-state index in [0.29, 0.717) is 13.0 Å². The first kappa shape index (κ1) is 17.7. The van der Waals surface area contributed by atoms with Crippen LogP contribution in [0, 0.1) is 0 Å². The van der Waals surface area contributed by atoms with Gasteiger partial charge >= 0.3 is 0 Å². The Morgan fingerprint density at radius 2 is 1.85 bits per heavy atom. The molecular formula is C21H24N4O2. The van der Waals surface area contributed by atoms with Crippen molar-refractivity contribution >= 4 is 16.9 Å². The van der Waals surface area contributed by atoms with Gasteiger partial charge in [-0.2, -0.15) is 0 Å². The van der Waals surface area contributed by atoms with Crippen molar-refractivity contribution in [2.24, 2.45) is 0 Å². The van der Waals surface area contributed by atoms with E-state index in [0.717, 1.165) is 42.7 Å². The van der Waals surface area contributed by atoms with Gasteiger partial charge in [-0.3, -0.25) is 9.69 Å². The van der Waals surface area contributed by atoms with Crippen molar-refractivity contribution in [1.29, 1.82) is 0 Å². The third-order valence-electron chi connectivity index (χ3n) is 5.26. The van der Waals surface area contributed by atoms with Crippen molar-refractivity contribution in [1.82, 2.24) is 20.1 Å². The summed E-state index contributed by atoms with van der Waals surface area (Å²) in [6, 6.07) is 16.5. The summed E-state index contributed by atoms with van der Waals surface area (Å²) >= 11 is 0. The highest BCUT2D eigenvalue weighted by Gasteiger charge is 2.28. The zero-order valence-electron chi connectivity index (χ0n) is 15.5. The van der Waals surface area contributed by atoms with Gasteiger partial charge in [-0.15, -0.1) is 0 Å². The Morgan fingerprint density at radius 3 is 2.67 bits per heavy atom. The van der Waals surface area contributed by atoms with E-state index in [2.05, 4.69) is 45.2 Å². The van der Waals surface area contributed by atoms with E-state index >= 15 is 0 Å². The topological polar surface area (TPSA) is 62.5 Å². The number of benzene rings is 2. The van der Waals surface area contributed by atoms with Gasteiger partial charge in [-0.25, -0.2) is 4.63 Å². The van der Waals surface area contributed by atoms with Gasteiger partial charge in [0.2, 0.25) is 5.91 Å². The fraction of sp³-hybridized carbons (Fsp3) is 0.381. The molecule has 3 aromatic rings. The quantitative estimate of drug-likeness (QED) is 0.695. The molecule has 4 rings (SSSR count). The molecule has 0 saturated carbocycles. The molecular weight excluding hydrogens is 340 g/mol. The maximum absolute atomic E-state index is 12.8. The molecule has 1 aliphatic rings. The summed E-state index contributed by atoms with van der Waals surface area (Å²) in [7, 11) is 0. The largest absolute Gasteiger partial charge is 0.334 e. The second kappa shape index (κ2) is 7.88. The van der Waals surface area contributed by atoms with Gasteiger partial charge in [0.05, 0.1) is 0 Å². The summed E-state index contributed by atoms with van der Waals surface area (Å²) < 4.78 is 4.78. The first-order chi connectivity index (χ1) is 13.2. The van der Waals surface area contributed by atoms with Crippen LogP contribution in [0.1, 0.15) is 30.9 Å². The number of hydrogen-bond acceptors (Lipinski definition) is 5. The summed E-state index contributed by atoms with van der Waals surface area (Å²) in [5, 5.41) is 7.78. The number of rotatable bonds is 5. The van der Waals surface area contributed by atoms with E-state index in [1.807, 2.05) is 30.3 Å². The van der Waals surface area contributed by atoms with Gasteiger partial charge < -0.3 is 4.90 Å². The van der Waals surface area contributed by atoms with Crippen LogP contribution in [0.3, 0.4) is 0 Å². The highest BCUT2D eigenvalue weighted by molar-refractivity contribution is 5.77. The number of aromatic nitrogens is 2. The standard InChI is InChI=1S/C21H24N4O2/c1-2-18-15-24(13-17-8-9-19-20(12-17)23-27-22-19)11-10-21(26)25(18)14-16-6-4-3-5-7-16/h3-9,12,18H,2,10-11,13-15H2,1H3/t18-/m0/s1. The van der Waals surface area contributed by atoms with Gasteiger partial charge in [0.25, 0.3) is 0 Å². The minimum atomic E-state index is 0.220. The average molecular weight is 364 g/mol. The molecule has 140 valence electrons. The Hall–Kier alpha value is -2.73. The third-order valence-corrected chi connectivity index (χ3v) is 5.26. The third kappa shape index (κ3) is 4.01. The SMILES string of the molecule is CC[C@H]1CN(Cc2ccc3nonc3c2)CCC(=O)N1Cc1ccccc1. The van der Waals surface area contributed by atoms with Crippen molar-refractivity contribution in [3.63, 3.8) is 0 Å². The minimum Gasteiger partial charge on any atom is -0.334 e. The molecule has 1 aromatic heterocycles. The second-order valence-corrected chi connectivity index (χ2v) is 7.14. The highest BCUT2D eigenvalue weighted by Crippen LogP contribution is 2.20. The van der Waals surface area contributed by atoms with E-state index in [4.69, 9.17) is 4.63 Å². The van der Waals surface area contributed by atoms with Gasteiger partial charge in [0, 0.05) is 38.6 Å². The molecule has 1 aliphatic heterocycles. The molecule has 1 amide bonds. The smallest absolute Gasteiger partial charge is 0.224 e. The summed E-state index contributed by atoms with van der Waals surface area (Å²) in [5.74, 6) is 0.240. The second-order valence-electron chi connectivity index (χ2n) is 7.14. The van der Waals surface area contributed by atoms with Gasteiger partial charge in [-0.1, -0.05) is 43.3 Å². The van der Waals surface area contributed by atoms with E-state index < -0.39 is 0 Å². The minimum absolute atomic E-state index is 0.220. The predicted molar refractivity (Wildman–Crippen MR) is 103 cm³/mol. The molecule has 2 aromatic carbocycles. The molecule has 0 bridgehead atoms. The van der Waals surface area contributed by atoms with Crippen LogP contribution in [0.5, 0.6) is 0 Å². The van der Waals surface area contributed by atoms with Crippen LogP contribution in [0.15, 0.2) is 53.2 Å². The lowest BCUT2D eigenvalue weighted by atomic mass is 10.1. The van der Waals surface area contributed by atoms with Gasteiger partial charge in [-0.05, 0) is 40.0 Å². The lowest BCUT2D eigenvalue weighted by Crippen LogP contribution is -2.42. The fourth-order valence-corrected chi connectivity index (χ4v) is 3.76. The lowest BCUT2D eigenvalue weighted by molar-refractivity contribution is -0.133. The van der Waals surface area contributed by atoms with E-state index in [9.17, 15) is 4.79 Å². The number of fused-ring (bicyclic) bond motifs is 1. The highest BCUT2D eigenvalue weighted by atomic mass is 16.6. The maximum atomic E-state index is 12.8. The summed E-state index contributed by atoms with van der Waals surface area (Å²) in [5.41, 5.74) is 3.89. The van der Waals surface area contributed by atoms with Gasteiger partial charge in [0.1, 0.15) is 11.0 Å². The molecule has 1 fully saturated rings. The van der Waals surface area contributed by atoms with E-state index in [-0.39, 0.29) is 11.9 Å². The molecule has 2 heterocycles. The van der Waals surface area contributed by atoms with Crippen molar-refractivity contribution in [2.45, 2.75) is 38.9 Å². The van der Waals surface area contributed by atoms with Crippen LogP contribution >= 0.6 is 0 Å². The Labute approximate surface area is 158 Å². The zero-order valence-corrected chi connectivity index (χ0v) is 15.5. The molecule has 0 aliphatic carbocycles. The predicted octanol–water partition coefficient (Wildman–Crippen LogP) is 3.24. The van der Waals surface area contributed by atoms with Gasteiger partial charge in [0.15, 0.2) is 0 Å². The van der Waals surface area contributed by atoms with Crippen LogP contribution in [0.4, 0.5) is 0 Å². The van der Waals surface area contributed by atoms with Crippen LogP contribution in [-0.2, 0) is 17.9 Å². The number of nitrogens with zero attached hydrogens (tertiary/aromatic N) is 4. The Kier molecular flexibility index (Phi) is 5.16. The molecule has 0 spiro atoms. The summed E-state index contributed by atoms with van der Waals surface area (Å²) in [6.07, 6.45) is 1.50. The average Bonchev–Trinajstić information content (AvgIpc) is 3.11. The van der Waals surface area contributed by atoms with Crippen molar-refractivity contribution < 1.29 is 9.42 Å². The normalized spacial score (nSPS) is 18.8. The molecule has 6 nitrogen and oxygen atoms in total. The summed E-state index contributed by atoms with van der Waals surface area (Å²) in [6.45, 7) is 5.29. The fourth-order valence-electron chi connectivity index (χ4n) is 3.76. The Morgan fingerprint density at radius 1 is 1.04 bits per heavy atom. The van der Waals surface area contributed by atoms with E-state index in [1.165, 1.54) is 5.56 Å². The molecule has 1 atom stereocenters. The number of amides is 1. The maximum Gasteiger partial charge on any atom is 0.224 e. The van der Waals surface area contributed by atoms with Crippen molar-refractivity contribution in [3.05, 3.63) is 59.7 Å². The van der Waals surface area contributed by atoms with Crippen LogP contribution in [0.2, 0.25) is 0 Å². The molecule has 0 unspecified atom stereocenters. The van der Waals surface area contributed by atoms with Crippen molar-refractivity contribution in [3.8, 4) is 0 Å². The molecule has 0 N–H and O–H groups in total. The zero-order chi connectivity index (χ0) is 18.6. The summed E-state index contributed by atoms with van der Waals surface area (Å²) in [4.78, 5) is 17.2. The molecule has 27 heavy (non-hydrogen) atoms. The van der Waals surface area contributed by atoms with Crippen LogP contribution < -0.4 is 0 Å².